The molecule has 170 valence electrons. The number of amides is 2. The maximum atomic E-state index is 13.0. The molecule has 1 aliphatic heterocycles. The summed E-state index contributed by atoms with van der Waals surface area (Å²) in [6.07, 6.45) is -3.27. The molecule has 2 aromatic rings. The Morgan fingerprint density at radius 3 is 2.25 bits per heavy atom. The van der Waals surface area contributed by atoms with E-state index in [2.05, 4.69) is 5.32 Å². The number of alkyl halides is 3. The number of nitrogen functional groups attached to an aromatic ring is 1. The molecule has 9 heteroatoms. The van der Waals surface area contributed by atoms with E-state index >= 15 is 0 Å². The molecule has 32 heavy (non-hydrogen) atoms. The molecule has 0 unspecified atom stereocenters. The number of hydrogen-bond donors (Lipinski definition) is 3. The molecule has 0 aromatic heterocycles. The van der Waals surface area contributed by atoms with Crippen molar-refractivity contribution in [1.82, 2.24) is 10.2 Å². The summed E-state index contributed by atoms with van der Waals surface area (Å²) in [6.45, 7) is 2.42. The summed E-state index contributed by atoms with van der Waals surface area (Å²) >= 11 is 0. The van der Waals surface area contributed by atoms with Gasteiger partial charge in [0.05, 0.1) is 5.56 Å². The van der Waals surface area contributed by atoms with Gasteiger partial charge in [-0.15, -0.1) is 0 Å². The minimum Gasteiger partial charge on any atom is -0.384 e. The van der Waals surface area contributed by atoms with Crippen LogP contribution in [0, 0.1) is 5.41 Å². The molecule has 1 fully saturated rings. The van der Waals surface area contributed by atoms with Crippen LogP contribution in [0.2, 0.25) is 0 Å². The Kier molecular flexibility index (Phi) is 6.86. The number of carbonyl (C=O) groups excluding carboxylic acids is 2. The summed E-state index contributed by atoms with van der Waals surface area (Å²) < 4.78 is 38.9. The van der Waals surface area contributed by atoms with Crippen molar-refractivity contribution in [3.63, 3.8) is 0 Å². The molecule has 2 aromatic carbocycles. The highest BCUT2D eigenvalue weighted by Crippen LogP contribution is 2.34. The standard InChI is InChI=1S/C23H25F3N4O2/c1-14(29-21(31)17-7-5-16(6-8-17)20(27)28)22(32)30-11-9-15(10-12-30)18-3-2-4-19(13-18)23(24,25)26/h2-8,13-15H,9-12H2,1H3,(H3,27,28)(H,29,31)/t14-/m0/s1. The normalized spacial score (nSPS) is 15.8. The number of likely N-dealkylation sites (tertiary alicyclic amines) is 1. The van der Waals surface area contributed by atoms with Crippen molar-refractivity contribution in [3.05, 3.63) is 70.8 Å². The Morgan fingerprint density at radius 2 is 1.69 bits per heavy atom. The lowest BCUT2D eigenvalue weighted by atomic mass is 9.88. The van der Waals surface area contributed by atoms with Gasteiger partial charge in [0, 0.05) is 24.2 Å². The summed E-state index contributed by atoms with van der Waals surface area (Å²) in [5.74, 6) is -0.805. The maximum Gasteiger partial charge on any atom is 0.416 e. The van der Waals surface area contributed by atoms with Gasteiger partial charge in [0.2, 0.25) is 5.91 Å². The zero-order valence-electron chi connectivity index (χ0n) is 17.6. The first kappa shape index (κ1) is 23.3. The fourth-order valence-corrected chi connectivity index (χ4v) is 3.82. The Bertz CT molecular complexity index is 997. The van der Waals surface area contributed by atoms with E-state index in [1.807, 2.05) is 0 Å². The van der Waals surface area contributed by atoms with Gasteiger partial charge in [-0.3, -0.25) is 15.0 Å². The van der Waals surface area contributed by atoms with Crippen molar-refractivity contribution in [3.8, 4) is 0 Å². The van der Waals surface area contributed by atoms with Crippen molar-refractivity contribution in [2.45, 2.75) is 37.9 Å². The molecule has 6 nitrogen and oxygen atoms in total. The Hall–Kier alpha value is -3.36. The zero-order valence-corrected chi connectivity index (χ0v) is 17.6. The van der Waals surface area contributed by atoms with Gasteiger partial charge >= 0.3 is 6.18 Å². The smallest absolute Gasteiger partial charge is 0.384 e. The van der Waals surface area contributed by atoms with Crippen LogP contribution in [-0.2, 0) is 11.0 Å². The van der Waals surface area contributed by atoms with Crippen LogP contribution in [0.5, 0.6) is 0 Å². The molecule has 0 aliphatic carbocycles. The van der Waals surface area contributed by atoms with E-state index in [4.69, 9.17) is 11.1 Å². The second kappa shape index (κ2) is 9.42. The Balaban J connectivity index is 1.55. The van der Waals surface area contributed by atoms with Crippen LogP contribution in [0.4, 0.5) is 13.2 Å². The molecule has 1 aliphatic rings. The second-order valence-corrected chi connectivity index (χ2v) is 7.91. The fraction of sp³-hybridized carbons (Fsp3) is 0.348. The fourth-order valence-electron chi connectivity index (χ4n) is 3.82. The molecule has 0 radical (unpaired) electrons. The van der Waals surface area contributed by atoms with Gasteiger partial charge in [-0.25, -0.2) is 0 Å². The number of nitrogens with two attached hydrogens (primary N) is 1. The molecular formula is C23H25F3N4O2. The lowest BCUT2D eigenvalue weighted by Crippen LogP contribution is -2.49. The van der Waals surface area contributed by atoms with E-state index in [1.54, 1.807) is 30.0 Å². The number of nitrogens with zero attached hydrogens (tertiary/aromatic N) is 1. The molecule has 4 N–H and O–H groups in total. The lowest BCUT2D eigenvalue weighted by Gasteiger charge is -2.34. The summed E-state index contributed by atoms with van der Waals surface area (Å²) in [6, 6.07) is 10.8. The quantitative estimate of drug-likeness (QED) is 0.484. The van der Waals surface area contributed by atoms with Crippen LogP contribution in [0.3, 0.4) is 0 Å². The highest BCUT2D eigenvalue weighted by Gasteiger charge is 2.32. The predicted octanol–water partition coefficient (Wildman–Crippen LogP) is 3.51. The van der Waals surface area contributed by atoms with Crippen molar-refractivity contribution >= 4 is 17.6 Å². The van der Waals surface area contributed by atoms with Gasteiger partial charge in [0.25, 0.3) is 5.91 Å². The first-order valence-electron chi connectivity index (χ1n) is 10.3. The van der Waals surface area contributed by atoms with Crippen LogP contribution >= 0.6 is 0 Å². The van der Waals surface area contributed by atoms with Crippen molar-refractivity contribution < 1.29 is 22.8 Å². The highest BCUT2D eigenvalue weighted by atomic mass is 19.4. The van der Waals surface area contributed by atoms with Crippen LogP contribution in [0.25, 0.3) is 0 Å². The minimum atomic E-state index is -4.38. The summed E-state index contributed by atoms with van der Waals surface area (Å²) in [4.78, 5) is 26.8. The Labute approximate surface area is 184 Å². The van der Waals surface area contributed by atoms with Crippen molar-refractivity contribution in [2.75, 3.05) is 13.1 Å². The predicted molar refractivity (Wildman–Crippen MR) is 114 cm³/mol. The molecule has 0 spiro atoms. The highest BCUT2D eigenvalue weighted by molar-refractivity contribution is 5.99. The molecule has 0 saturated carbocycles. The Morgan fingerprint density at radius 1 is 1.09 bits per heavy atom. The number of piperidine rings is 1. The lowest BCUT2D eigenvalue weighted by molar-refractivity contribution is -0.137. The molecule has 1 saturated heterocycles. The molecule has 3 rings (SSSR count). The van der Waals surface area contributed by atoms with E-state index in [-0.39, 0.29) is 17.7 Å². The number of carbonyl (C=O) groups is 2. The van der Waals surface area contributed by atoms with Gasteiger partial charge in [-0.1, -0.05) is 30.3 Å². The maximum absolute atomic E-state index is 13.0. The van der Waals surface area contributed by atoms with Gasteiger partial charge in [0.15, 0.2) is 0 Å². The average Bonchev–Trinajstić information content (AvgIpc) is 2.78. The third kappa shape index (κ3) is 5.46. The van der Waals surface area contributed by atoms with Crippen LogP contribution in [0.15, 0.2) is 48.5 Å². The summed E-state index contributed by atoms with van der Waals surface area (Å²) in [7, 11) is 0. The third-order valence-corrected chi connectivity index (χ3v) is 5.67. The SMILES string of the molecule is C[C@H](NC(=O)c1ccc(C(=N)N)cc1)C(=O)N1CCC(c2cccc(C(F)(F)F)c2)CC1. The van der Waals surface area contributed by atoms with Gasteiger partial charge in [-0.2, -0.15) is 13.2 Å². The first-order valence-corrected chi connectivity index (χ1v) is 10.3. The van der Waals surface area contributed by atoms with Crippen molar-refractivity contribution in [2.24, 2.45) is 5.73 Å². The number of hydrogen-bond acceptors (Lipinski definition) is 3. The van der Waals surface area contributed by atoms with E-state index < -0.39 is 23.7 Å². The monoisotopic (exact) mass is 446 g/mol. The van der Waals surface area contributed by atoms with Crippen LogP contribution in [0.1, 0.15) is 52.7 Å². The first-order chi connectivity index (χ1) is 15.1. The van der Waals surface area contributed by atoms with Gasteiger partial charge in [0.1, 0.15) is 11.9 Å². The summed E-state index contributed by atoms with van der Waals surface area (Å²) in [5, 5.41) is 10.0. The number of amidine groups is 1. The van der Waals surface area contributed by atoms with E-state index in [9.17, 15) is 22.8 Å². The van der Waals surface area contributed by atoms with Crippen LogP contribution in [-0.4, -0.2) is 41.7 Å². The second-order valence-electron chi connectivity index (χ2n) is 7.91. The summed E-state index contributed by atoms with van der Waals surface area (Å²) in [5.41, 5.74) is 6.20. The molecule has 0 bridgehead atoms. The minimum absolute atomic E-state index is 0.0500. The van der Waals surface area contributed by atoms with Crippen molar-refractivity contribution in [1.29, 1.82) is 5.41 Å². The molecule has 1 atom stereocenters. The number of halogens is 3. The average molecular weight is 446 g/mol. The number of rotatable bonds is 5. The zero-order chi connectivity index (χ0) is 23.5. The third-order valence-electron chi connectivity index (χ3n) is 5.67. The number of nitrogens with one attached hydrogen (secondary N) is 2. The van der Waals surface area contributed by atoms with E-state index in [1.165, 1.54) is 24.3 Å². The molecular weight excluding hydrogens is 421 g/mol. The topological polar surface area (TPSA) is 99.3 Å². The largest absolute Gasteiger partial charge is 0.416 e. The van der Waals surface area contributed by atoms with Gasteiger partial charge in [-0.05, 0) is 49.4 Å². The van der Waals surface area contributed by atoms with Crippen LogP contribution < -0.4 is 11.1 Å². The number of benzene rings is 2. The van der Waals surface area contributed by atoms with E-state index in [0.29, 0.717) is 42.6 Å². The van der Waals surface area contributed by atoms with Gasteiger partial charge < -0.3 is 16.0 Å². The molecule has 1 heterocycles. The molecule has 2 amide bonds. The van der Waals surface area contributed by atoms with E-state index in [0.717, 1.165) is 6.07 Å².